The third kappa shape index (κ3) is 4.47. The number of methoxy groups -OCH3 is 1. The quantitative estimate of drug-likeness (QED) is 0.307. The largest absolute Gasteiger partial charge is 0.466 e. The number of carbonyl (C=O) groups excluding carboxylic acids is 3. The highest BCUT2D eigenvalue weighted by molar-refractivity contribution is 5.88. The van der Waals surface area contributed by atoms with Gasteiger partial charge in [-0.15, -0.1) is 0 Å². The molecular weight excluding hydrogens is 360 g/mol. The number of rotatable bonds is 5. The van der Waals surface area contributed by atoms with E-state index in [0.29, 0.717) is 18.4 Å². The van der Waals surface area contributed by atoms with Crippen LogP contribution in [0, 0.1) is 17.3 Å². The summed E-state index contributed by atoms with van der Waals surface area (Å²) >= 11 is 0. The lowest BCUT2D eigenvalue weighted by atomic mass is 9.59. The van der Waals surface area contributed by atoms with Gasteiger partial charge in [-0.25, -0.2) is 4.79 Å². The van der Waals surface area contributed by atoms with Gasteiger partial charge in [-0.1, -0.05) is 32.9 Å². The first-order chi connectivity index (χ1) is 13.0. The van der Waals surface area contributed by atoms with Crippen molar-refractivity contribution in [2.45, 2.75) is 72.5 Å². The first-order valence-corrected chi connectivity index (χ1v) is 9.85. The van der Waals surface area contributed by atoms with Gasteiger partial charge in [0, 0.05) is 18.4 Å². The summed E-state index contributed by atoms with van der Waals surface area (Å²) in [6.07, 6.45) is 2.01. The second-order valence-electron chi connectivity index (χ2n) is 8.52. The van der Waals surface area contributed by atoms with Crippen LogP contribution in [0.3, 0.4) is 0 Å². The smallest absolute Gasteiger partial charge is 0.333 e. The molecule has 0 bridgehead atoms. The lowest BCUT2D eigenvalue weighted by Crippen LogP contribution is -2.45. The molecule has 0 aromatic heterocycles. The minimum Gasteiger partial charge on any atom is -0.466 e. The third-order valence-corrected chi connectivity index (χ3v) is 6.11. The van der Waals surface area contributed by atoms with E-state index in [0.717, 1.165) is 18.4 Å². The molecule has 0 aromatic carbocycles. The molecule has 0 radical (unpaired) electrons. The number of allylic oxidation sites excluding steroid dienone is 1. The minimum atomic E-state index is -0.498. The topological polar surface area (TPSA) is 78.9 Å². The Labute approximate surface area is 167 Å². The zero-order valence-corrected chi connectivity index (χ0v) is 17.8. The van der Waals surface area contributed by atoms with Crippen molar-refractivity contribution in [3.8, 4) is 0 Å². The summed E-state index contributed by atoms with van der Waals surface area (Å²) in [5.74, 6) is -1.62. The molecular formula is C22H32O6. The van der Waals surface area contributed by atoms with E-state index in [4.69, 9.17) is 14.2 Å². The molecule has 0 aromatic rings. The van der Waals surface area contributed by atoms with Crippen LogP contribution in [-0.4, -0.2) is 37.2 Å². The Hall–Kier alpha value is -2.11. The molecule has 156 valence electrons. The van der Waals surface area contributed by atoms with E-state index in [-0.39, 0.29) is 35.3 Å². The van der Waals surface area contributed by atoms with Gasteiger partial charge in [-0.3, -0.25) is 9.59 Å². The minimum absolute atomic E-state index is 0.169. The monoisotopic (exact) mass is 392 g/mol. The van der Waals surface area contributed by atoms with Crippen LogP contribution < -0.4 is 0 Å². The van der Waals surface area contributed by atoms with Crippen LogP contribution in [-0.2, 0) is 28.6 Å². The van der Waals surface area contributed by atoms with E-state index in [2.05, 4.69) is 13.5 Å². The maximum absolute atomic E-state index is 12.1. The molecule has 1 fully saturated rings. The number of esters is 3. The van der Waals surface area contributed by atoms with Gasteiger partial charge < -0.3 is 14.2 Å². The second kappa shape index (κ2) is 8.50. The van der Waals surface area contributed by atoms with Crippen molar-refractivity contribution in [2.24, 2.45) is 17.3 Å². The number of ether oxygens (including phenoxy) is 3. The van der Waals surface area contributed by atoms with Crippen LogP contribution in [0.5, 0.6) is 0 Å². The molecule has 0 saturated heterocycles. The highest BCUT2D eigenvalue weighted by Crippen LogP contribution is 2.53. The summed E-state index contributed by atoms with van der Waals surface area (Å²) in [6, 6.07) is 0. The number of hydrogen-bond donors (Lipinski definition) is 0. The van der Waals surface area contributed by atoms with Crippen LogP contribution >= 0.6 is 0 Å². The van der Waals surface area contributed by atoms with E-state index in [1.807, 2.05) is 20.8 Å². The van der Waals surface area contributed by atoms with Gasteiger partial charge in [0.2, 0.25) is 0 Å². The van der Waals surface area contributed by atoms with E-state index in [1.54, 1.807) is 0 Å². The maximum Gasteiger partial charge on any atom is 0.333 e. The predicted octanol–water partition coefficient (Wildman–Crippen LogP) is 3.74. The average molecular weight is 392 g/mol. The molecule has 0 unspecified atom stereocenters. The van der Waals surface area contributed by atoms with Crippen molar-refractivity contribution >= 4 is 17.9 Å². The van der Waals surface area contributed by atoms with Gasteiger partial charge in [-0.2, -0.15) is 0 Å². The van der Waals surface area contributed by atoms with Crippen molar-refractivity contribution in [2.75, 3.05) is 7.11 Å². The molecule has 0 N–H and O–H groups in total. The summed E-state index contributed by atoms with van der Waals surface area (Å²) in [6.45, 7) is 13.1. The Morgan fingerprint density at radius 1 is 1.21 bits per heavy atom. The Kier molecular flexibility index (Phi) is 6.73. The van der Waals surface area contributed by atoms with Gasteiger partial charge in [0.25, 0.3) is 0 Å². The molecule has 28 heavy (non-hydrogen) atoms. The molecule has 0 spiro atoms. The molecule has 4 atom stereocenters. The van der Waals surface area contributed by atoms with Crippen LogP contribution in [0.4, 0.5) is 0 Å². The van der Waals surface area contributed by atoms with Gasteiger partial charge >= 0.3 is 17.9 Å². The molecule has 2 aliphatic rings. The SMILES string of the molecule is C=C(C(=O)OC)[C@H]1CC2=C(C)[C@@H](OC(=O)C(C)C)CC[C@]2(C)C[C@H]1OC(C)=O. The standard InChI is InChI=1S/C22H32O6/c1-12(2)20(24)28-18-8-9-22(6)11-19(27-15(5)23)16(10-17(22)14(18)4)13(3)21(25)26-7/h12,16,18-19H,3,8-11H2,1-2,4-7H3/t16-,18+,19-,22-/m1/s1. The fourth-order valence-electron chi connectivity index (χ4n) is 4.45. The van der Waals surface area contributed by atoms with Crippen molar-refractivity contribution in [1.82, 2.24) is 0 Å². The highest BCUT2D eigenvalue weighted by atomic mass is 16.5. The van der Waals surface area contributed by atoms with Gasteiger partial charge in [0.15, 0.2) is 0 Å². The summed E-state index contributed by atoms with van der Waals surface area (Å²) in [7, 11) is 1.31. The Morgan fingerprint density at radius 3 is 2.39 bits per heavy atom. The summed E-state index contributed by atoms with van der Waals surface area (Å²) in [5.41, 5.74) is 2.33. The molecule has 0 heterocycles. The van der Waals surface area contributed by atoms with E-state index < -0.39 is 12.1 Å². The predicted molar refractivity (Wildman–Crippen MR) is 104 cm³/mol. The number of carbonyl (C=O) groups is 3. The molecule has 2 aliphatic carbocycles. The number of hydrogen-bond acceptors (Lipinski definition) is 6. The van der Waals surface area contributed by atoms with E-state index in [1.165, 1.54) is 19.6 Å². The Morgan fingerprint density at radius 2 is 1.86 bits per heavy atom. The van der Waals surface area contributed by atoms with E-state index in [9.17, 15) is 14.4 Å². The lowest BCUT2D eigenvalue weighted by molar-refractivity contribution is -0.155. The molecule has 0 amide bonds. The fraction of sp³-hybridized carbons (Fsp3) is 0.682. The average Bonchev–Trinajstić information content (AvgIpc) is 2.61. The van der Waals surface area contributed by atoms with Crippen molar-refractivity contribution in [3.05, 3.63) is 23.3 Å². The number of fused-ring (bicyclic) bond motifs is 1. The first-order valence-electron chi connectivity index (χ1n) is 9.85. The van der Waals surface area contributed by atoms with Crippen LogP contribution in [0.2, 0.25) is 0 Å². The fourth-order valence-corrected chi connectivity index (χ4v) is 4.45. The van der Waals surface area contributed by atoms with Gasteiger partial charge in [0.05, 0.1) is 13.0 Å². The van der Waals surface area contributed by atoms with Crippen molar-refractivity contribution in [1.29, 1.82) is 0 Å². The summed E-state index contributed by atoms with van der Waals surface area (Å²) in [5, 5.41) is 0. The zero-order valence-electron chi connectivity index (χ0n) is 17.8. The third-order valence-electron chi connectivity index (χ3n) is 6.11. The van der Waals surface area contributed by atoms with Crippen molar-refractivity contribution < 1.29 is 28.6 Å². The molecule has 0 aliphatic heterocycles. The van der Waals surface area contributed by atoms with Crippen molar-refractivity contribution in [3.63, 3.8) is 0 Å². The Balaban J connectivity index is 2.37. The molecule has 2 rings (SSSR count). The normalized spacial score (nSPS) is 29.8. The second-order valence-corrected chi connectivity index (χ2v) is 8.52. The van der Waals surface area contributed by atoms with Gasteiger partial charge in [0.1, 0.15) is 12.2 Å². The molecule has 6 nitrogen and oxygen atoms in total. The van der Waals surface area contributed by atoms with Gasteiger partial charge in [-0.05, 0) is 43.6 Å². The molecule has 1 saturated carbocycles. The first kappa shape index (κ1) is 22.2. The summed E-state index contributed by atoms with van der Waals surface area (Å²) < 4.78 is 16.1. The maximum atomic E-state index is 12.1. The van der Waals surface area contributed by atoms with Crippen LogP contribution in [0.15, 0.2) is 23.3 Å². The highest BCUT2D eigenvalue weighted by Gasteiger charge is 2.48. The van der Waals surface area contributed by atoms with Crippen LogP contribution in [0.1, 0.15) is 60.3 Å². The zero-order chi connectivity index (χ0) is 21.2. The van der Waals surface area contributed by atoms with E-state index >= 15 is 0 Å². The lowest BCUT2D eigenvalue weighted by Gasteiger charge is -2.48. The summed E-state index contributed by atoms with van der Waals surface area (Å²) in [4.78, 5) is 35.8. The molecule has 6 heteroatoms. The van der Waals surface area contributed by atoms with Crippen LogP contribution in [0.25, 0.3) is 0 Å². The Bertz CT molecular complexity index is 704.